The van der Waals surface area contributed by atoms with Crippen LogP contribution in [0.3, 0.4) is 0 Å². The smallest absolute Gasteiger partial charge is 0.199 e. The average molecular weight is 375 g/mol. The van der Waals surface area contributed by atoms with E-state index in [1.807, 2.05) is 12.1 Å². The summed E-state index contributed by atoms with van der Waals surface area (Å²) in [5.74, 6) is 0.207. The van der Waals surface area contributed by atoms with Crippen molar-refractivity contribution in [2.75, 3.05) is 27.4 Å². The van der Waals surface area contributed by atoms with Gasteiger partial charge < -0.3 is 18.9 Å². The minimum atomic E-state index is -1.05. The number of nitrogens with zero attached hydrogens (tertiary/aromatic N) is 2. The molecule has 6 nitrogen and oxygen atoms in total. The highest BCUT2D eigenvalue weighted by atomic mass is 35.5. The third-order valence-corrected chi connectivity index (χ3v) is 4.45. The molecule has 0 unspecified atom stereocenters. The molecule has 26 heavy (non-hydrogen) atoms. The van der Waals surface area contributed by atoms with Crippen molar-refractivity contribution < 1.29 is 18.9 Å². The van der Waals surface area contributed by atoms with Crippen LogP contribution in [0.4, 0.5) is 0 Å². The predicted molar refractivity (Wildman–Crippen MR) is 95.4 cm³/mol. The van der Waals surface area contributed by atoms with E-state index in [2.05, 4.69) is 11.1 Å². The topological polar surface area (TPSA) is 73.6 Å². The van der Waals surface area contributed by atoms with Gasteiger partial charge >= 0.3 is 0 Å². The van der Waals surface area contributed by atoms with E-state index >= 15 is 0 Å². The van der Waals surface area contributed by atoms with Crippen molar-refractivity contribution in [2.24, 2.45) is 0 Å². The van der Waals surface area contributed by atoms with Crippen LogP contribution in [0.5, 0.6) is 11.5 Å². The van der Waals surface area contributed by atoms with Crippen LogP contribution in [-0.4, -0.2) is 32.4 Å². The lowest BCUT2D eigenvalue weighted by Crippen LogP contribution is -2.40. The first-order chi connectivity index (χ1) is 12.6. The second-order valence-electron chi connectivity index (χ2n) is 5.86. The lowest BCUT2D eigenvalue weighted by atomic mass is 9.94. The third-order valence-electron chi connectivity index (χ3n) is 4.25. The van der Waals surface area contributed by atoms with Crippen molar-refractivity contribution in [3.8, 4) is 17.6 Å². The Hall–Kier alpha value is -2.33. The summed E-state index contributed by atoms with van der Waals surface area (Å²) in [6.45, 7) is 1.09. The molecule has 0 saturated carbocycles. The molecule has 1 aromatic heterocycles. The van der Waals surface area contributed by atoms with E-state index in [1.165, 1.54) is 0 Å². The Morgan fingerprint density at radius 1 is 1.15 bits per heavy atom. The highest BCUT2D eigenvalue weighted by Crippen LogP contribution is 2.38. The number of nitriles is 1. The van der Waals surface area contributed by atoms with Crippen molar-refractivity contribution in [1.82, 2.24) is 4.98 Å². The summed E-state index contributed by atoms with van der Waals surface area (Å²) in [7, 11) is 3.18. The highest BCUT2D eigenvalue weighted by Gasteiger charge is 2.38. The van der Waals surface area contributed by atoms with E-state index in [1.54, 1.807) is 32.5 Å². The largest absolute Gasteiger partial charge is 0.497 e. The van der Waals surface area contributed by atoms with Gasteiger partial charge in [0.05, 0.1) is 39.1 Å². The number of methoxy groups -OCH3 is 2. The fourth-order valence-electron chi connectivity index (χ4n) is 2.93. The van der Waals surface area contributed by atoms with Crippen molar-refractivity contribution >= 4 is 11.6 Å². The molecular weight excluding hydrogens is 356 g/mol. The SMILES string of the molecule is COc1cc(OC)cc(C2(Cc3cnc(Cl)cc3C#N)OCCCO2)c1. The molecule has 0 N–H and O–H groups in total. The van der Waals surface area contributed by atoms with Gasteiger partial charge in [-0.2, -0.15) is 5.26 Å². The summed E-state index contributed by atoms with van der Waals surface area (Å²) in [5.41, 5.74) is 1.89. The molecule has 0 bridgehead atoms. The Morgan fingerprint density at radius 3 is 2.38 bits per heavy atom. The van der Waals surface area contributed by atoms with E-state index < -0.39 is 5.79 Å². The van der Waals surface area contributed by atoms with Gasteiger partial charge in [0, 0.05) is 24.2 Å². The highest BCUT2D eigenvalue weighted by molar-refractivity contribution is 6.29. The molecule has 3 rings (SSSR count). The summed E-state index contributed by atoms with van der Waals surface area (Å²) in [5, 5.41) is 9.70. The van der Waals surface area contributed by atoms with Crippen LogP contribution < -0.4 is 9.47 Å². The van der Waals surface area contributed by atoms with E-state index in [4.69, 9.17) is 30.5 Å². The second-order valence-corrected chi connectivity index (χ2v) is 6.24. The summed E-state index contributed by atoms with van der Waals surface area (Å²) in [6, 6.07) is 9.18. The molecule has 1 aliphatic rings. The van der Waals surface area contributed by atoms with Gasteiger partial charge in [-0.15, -0.1) is 0 Å². The zero-order valence-corrected chi connectivity index (χ0v) is 15.4. The number of ether oxygens (including phenoxy) is 4. The summed E-state index contributed by atoms with van der Waals surface area (Å²) < 4.78 is 22.9. The quantitative estimate of drug-likeness (QED) is 0.746. The molecule has 0 aliphatic carbocycles. The minimum Gasteiger partial charge on any atom is -0.497 e. The van der Waals surface area contributed by atoms with E-state index in [0.717, 1.165) is 12.0 Å². The fourth-order valence-corrected chi connectivity index (χ4v) is 3.08. The first-order valence-electron chi connectivity index (χ1n) is 8.16. The molecule has 1 aliphatic heterocycles. The van der Waals surface area contributed by atoms with Gasteiger partial charge in [-0.3, -0.25) is 0 Å². The fraction of sp³-hybridized carbons (Fsp3) is 0.368. The van der Waals surface area contributed by atoms with Gasteiger partial charge in [0.25, 0.3) is 0 Å². The van der Waals surface area contributed by atoms with Gasteiger partial charge in [-0.25, -0.2) is 4.98 Å². The molecule has 7 heteroatoms. The standard InChI is InChI=1S/C19H19ClN2O4/c1-23-16-7-15(8-17(9-16)24-2)19(25-4-3-5-26-19)10-14-12-22-18(20)6-13(14)11-21/h6-9,12H,3-5,10H2,1-2H3. The maximum Gasteiger partial charge on any atom is 0.199 e. The number of rotatable bonds is 5. The molecule has 1 aromatic carbocycles. The molecule has 2 heterocycles. The minimum absolute atomic E-state index is 0.271. The van der Waals surface area contributed by atoms with Gasteiger partial charge in [0.1, 0.15) is 16.7 Å². The van der Waals surface area contributed by atoms with Crippen LogP contribution >= 0.6 is 11.6 Å². The number of halogens is 1. The lowest BCUT2D eigenvalue weighted by Gasteiger charge is -2.38. The maximum atomic E-state index is 9.43. The van der Waals surface area contributed by atoms with Crippen LogP contribution in [0.15, 0.2) is 30.5 Å². The van der Waals surface area contributed by atoms with E-state index in [-0.39, 0.29) is 5.15 Å². The number of pyridine rings is 1. The van der Waals surface area contributed by atoms with Crippen LogP contribution in [0, 0.1) is 11.3 Å². The Bertz CT molecular complexity index is 807. The first kappa shape index (κ1) is 18.5. The maximum absolute atomic E-state index is 9.43. The predicted octanol–water partition coefficient (Wildman–Crippen LogP) is 3.46. The molecule has 0 atom stereocenters. The number of benzene rings is 1. The van der Waals surface area contributed by atoms with E-state index in [0.29, 0.717) is 42.3 Å². The van der Waals surface area contributed by atoms with Gasteiger partial charge in [-0.1, -0.05) is 11.6 Å². The zero-order chi connectivity index (χ0) is 18.6. The summed E-state index contributed by atoms with van der Waals surface area (Å²) in [4.78, 5) is 4.10. The molecule has 0 amide bonds. The van der Waals surface area contributed by atoms with Crippen LogP contribution in [0.1, 0.15) is 23.1 Å². The monoisotopic (exact) mass is 374 g/mol. The first-order valence-corrected chi connectivity index (χ1v) is 8.54. The van der Waals surface area contributed by atoms with Gasteiger partial charge in [0.15, 0.2) is 5.79 Å². The van der Waals surface area contributed by atoms with Crippen LogP contribution in [0.25, 0.3) is 0 Å². The summed E-state index contributed by atoms with van der Waals surface area (Å²) >= 11 is 5.91. The van der Waals surface area contributed by atoms with Crippen molar-refractivity contribution in [3.63, 3.8) is 0 Å². The molecule has 2 aromatic rings. The van der Waals surface area contributed by atoms with Crippen molar-refractivity contribution in [2.45, 2.75) is 18.6 Å². The van der Waals surface area contributed by atoms with Crippen LogP contribution in [-0.2, 0) is 21.7 Å². The van der Waals surface area contributed by atoms with Crippen molar-refractivity contribution in [3.05, 3.63) is 52.3 Å². The molecule has 1 saturated heterocycles. The zero-order valence-electron chi connectivity index (χ0n) is 14.6. The molecule has 0 spiro atoms. The van der Waals surface area contributed by atoms with Gasteiger partial charge in [0.2, 0.25) is 0 Å². The summed E-state index contributed by atoms with van der Waals surface area (Å²) in [6.07, 6.45) is 2.70. The Kier molecular flexibility index (Phi) is 5.62. The van der Waals surface area contributed by atoms with Crippen LogP contribution in [0.2, 0.25) is 5.15 Å². The average Bonchev–Trinajstić information content (AvgIpc) is 2.69. The van der Waals surface area contributed by atoms with Gasteiger partial charge in [-0.05, 0) is 30.2 Å². The Labute approximate surface area is 157 Å². The second kappa shape index (κ2) is 7.92. The molecule has 136 valence electrons. The number of hydrogen-bond acceptors (Lipinski definition) is 6. The molecular formula is C19H19ClN2O4. The third kappa shape index (κ3) is 3.75. The number of hydrogen-bond donors (Lipinski definition) is 0. The Balaban J connectivity index is 2.07. The molecule has 1 fully saturated rings. The normalized spacial score (nSPS) is 15.9. The van der Waals surface area contributed by atoms with E-state index in [9.17, 15) is 5.26 Å². The Morgan fingerprint density at radius 2 is 1.81 bits per heavy atom. The lowest BCUT2D eigenvalue weighted by molar-refractivity contribution is -0.275. The number of aromatic nitrogens is 1. The van der Waals surface area contributed by atoms with Crippen molar-refractivity contribution in [1.29, 1.82) is 5.26 Å². The molecule has 0 radical (unpaired) electrons.